The number of carbonyl (C=O) groups excluding carboxylic acids is 1. The van der Waals surface area contributed by atoms with Gasteiger partial charge < -0.3 is 5.32 Å². The maximum Gasteiger partial charge on any atom is 0.176 e. The topological polar surface area (TPSA) is 32.3 Å². The van der Waals surface area contributed by atoms with Crippen LogP contribution >= 0.6 is 0 Å². The Morgan fingerprint density at radius 1 is 1.30 bits per heavy atom. The minimum Gasteiger partial charge on any atom is -0.315 e. The molecule has 0 spiro atoms. The van der Waals surface area contributed by atoms with Gasteiger partial charge in [0.25, 0.3) is 0 Å². The second kappa shape index (κ2) is 7.55. The summed E-state index contributed by atoms with van der Waals surface area (Å²) < 4.78 is 0. The van der Waals surface area contributed by atoms with E-state index in [1.165, 1.54) is 5.56 Å². The first-order valence-corrected chi connectivity index (χ1v) is 7.70. The van der Waals surface area contributed by atoms with E-state index in [0.717, 1.165) is 44.6 Å². The van der Waals surface area contributed by atoms with Gasteiger partial charge in [-0.25, -0.2) is 0 Å². The third-order valence-corrected chi connectivity index (χ3v) is 3.69. The van der Waals surface area contributed by atoms with Crippen LogP contribution in [0.25, 0.3) is 0 Å². The van der Waals surface area contributed by atoms with Crippen LogP contribution in [0.3, 0.4) is 0 Å². The van der Waals surface area contributed by atoms with Gasteiger partial charge in [0, 0.05) is 18.7 Å². The average molecular weight is 274 g/mol. The Hall–Kier alpha value is -1.19. The molecule has 0 amide bonds. The molecule has 0 bridgehead atoms. The molecule has 0 atom stereocenters. The second-order valence-electron chi connectivity index (χ2n) is 6.10. The highest BCUT2D eigenvalue weighted by Gasteiger charge is 2.14. The lowest BCUT2D eigenvalue weighted by Gasteiger charge is -2.18. The molecule has 1 aliphatic heterocycles. The largest absolute Gasteiger partial charge is 0.315 e. The van der Waals surface area contributed by atoms with Crippen molar-refractivity contribution in [2.45, 2.75) is 26.7 Å². The molecule has 0 saturated carbocycles. The van der Waals surface area contributed by atoms with Crippen molar-refractivity contribution in [1.29, 1.82) is 0 Å². The van der Waals surface area contributed by atoms with Gasteiger partial charge in [-0.3, -0.25) is 9.69 Å². The fraction of sp³-hybridized carbons (Fsp3) is 0.588. The fourth-order valence-corrected chi connectivity index (χ4v) is 2.70. The Bertz CT molecular complexity index is 434. The van der Waals surface area contributed by atoms with Crippen molar-refractivity contribution in [2.24, 2.45) is 5.92 Å². The first kappa shape index (κ1) is 15.2. The number of nitrogens with one attached hydrogen (secondary N) is 1. The van der Waals surface area contributed by atoms with E-state index in [1.807, 2.05) is 12.1 Å². The lowest BCUT2D eigenvalue weighted by molar-refractivity contribution is 0.0935. The summed E-state index contributed by atoms with van der Waals surface area (Å²) in [6, 6.07) is 8.14. The average Bonchev–Trinajstić information content (AvgIpc) is 2.67. The zero-order valence-corrected chi connectivity index (χ0v) is 12.7. The minimum absolute atomic E-state index is 0.248. The summed E-state index contributed by atoms with van der Waals surface area (Å²) in [4.78, 5) is 14.7. The highest BCUT2D eigenvalue weighted by molar-refractivity contribution is 5.97. The minimum atomic E-state index is 0.248. The molecule has 3 heteroatoms. The van der Waals surface area contributed by atoms with Crippen LogP contribution < -0.4 is 5.32 Å². The summed E-state index contributed by atoms with van der Waals surface area (Å²) >= 11 is 0. The molecule has 1 saturated heterocycles. The number of ketones is 1. The van der Waals surface area contributed by atoms with Crippen LogP contribution in [0.1, 0.15) is 36.2 Å². The molecule has 20 heavy (non-hydrogen) atoms. The number of nitrogens with zero attached hydrogens (tertiary/aromatic N) is 1. The molecule has 1 fully saturated rings. The highest BCUT2D eigenvalue weighted by Crippen LogP contribution is 2.12. The highest BCUT2D eigenvalue weighted by atomic mass is 16.1. The van der Waals surface area contributed by atoms with Gasteiger partial charge in [0.15, 0.2) is 5.78 Å². The fourth-order valence-electron chi connectivity index (χ4n) is 2.70. The van der Waals surface area contributed by atoms with Crippen LogP contribution in [0.5, 0.6) is 0 Å². The van der Waals surface area contributed by atoms with Gasteiger partial charge in [-0.15, -0.1) is 0 Å². The number of hydrogen-bond donors (Lipinski definition) is 1. The molecule has 110 valence electrons. The summed E-state index contributed by atoms with van der Waals surface area (Å²) in [5, 5.41) is 3.37. The van der Waals surface area contributed by atoms with Crippen LogP contribution in [0.4, 0.5) is 0 Å². The van der Waals surface area contributed by atoms with Gasteiger partial charge >= 0.3 is 0 Å². The number of Topliss-reactive ketones (excluding diaryl/α,β-unsaturated/α-hetero) is 1. The number of rotatable bonds is 5. The van der Waals surface area contributed by atoms with Gasteiger partial charge in [0.2, 0.25) is 0 Å². The normalized spacial score (nSPS) is 17.1. The summed E-state index contributed by atoms with van der Waals surface area (Å²) in [7, 11) is 0. The Balaban J connectivity index is 1.97. The number of hydrogen-bond acceptors (Lipinski definition) is 3. The van der Waals surface area contributed by atoms with E-state index in [-0.39, 0.29) is 5.78 Å². The Labute approximate surface area is 122 Å². The zero-order chi connectivity index (χ0) is 14.4. The molecule has 1 aliphatic rings. The molecule has 0 aromatic heterocycles. The van der Waals surface area contributed by atoms with Crippen LogP contribution in [-0.4, -0.2) is 43.4 Å². The zero-order valence-electron chi connectivity index (χ0n) is 12.7. The third-order valence-electron chi connectivity index (χ3n) is 3.69. The molecular formula is C17H26N2O. The van der Waals surface area contributed by atoms with Gasteiger partial charge in [-0.05, 0) is 43.5 Å². The van der Waals surface area contributed by atoms with E-state index < -0.39 is 0 Å². The van der Waals surface area contributed by atoms with Gasteiger partial charge in [-0.2, -0.15) is 0 Å². The van der Waals surface area contributed by atoms with E-state index in [1.54, 1.807) is 0 Å². The van der Waals surface area contributed by atoms with Crippen LogP contribution in [0.2, 0.25) is 0 Å². The van der Waals surface area contributed by atoms with Crippen molar-refractivity contribution in [3.8, 4) is 0 Å². The van der Waals surface area contributed by atoms with E-state index in [2.05, 4.69) is 36.2 Å². The summed E-state index contributed by atoms with van der Waals surface area (Å²) in [5.41, 5.74) is 2.13. The quantitative estimate of drug-likeness (QED) is 0.837. The molecule has 1 aromatic carbocycles. The second-order valence-corrected chi connectivity index (χ2v) is 6.10. The molecule has 1 aromatic rings. The molecular weight excluding hydrogens is 248 g/mol. The van der Waals surface area contributed by atoms with Crippen LogP contribution in [0.15, 0.2) is 24.3 Å². The van der Waals surface area contributed by atoms with Crippen LogP contribution in [-0.2, 0) is 6.42 Å². The van der Waals surface area contributed by atoms with Gasteiger partial charge in [0.1, 0.15) is 0 Å². The van der Waals surface area contributed by atoms with E-state index in [0.29, 0.717) is 12.5 Å². The van der Waals surface area contributed by atoms with Gasteiger partial charge in [0.05, 0.1) is 6.54 Å². The van der Waals surface area contributed by atoms with E-state index in [4.69, 9.17) is 0 Å². The van der Waals surface area contributed by atoms with E-state index in [9.17, 15) is 4.79 Å². The van der Waals surface area contributed by atoms with Crippen molar-refractivity contribution in [3.63, 3.8) is 0 Å². The smallest absolute Gasteiger partial charge is 0.176 e. The molecule has 1 heterocycles. The Morgan fingerprint density at radius 3 is 2.95 bits per heavy atom. The lowest BCUT2D eigenvalue weighted by atomic mass is 9.99. The predicted molar refractivity (Wildman–Crippen MR) is 83.2 cm³/mol. The molecule has 0 radical (unpaired) electrons. The van der Waals surface area contributed by atoms with Crippen LogP contribution in [0, 0.1) is 5.92 Å². The summed E-state index contributed by atoms with van der Waals surface area (Å²) in [6.07, 6.45) is 2.16. The van der Waals surface area contributed by atoms with Crippen molar-refractivity contribution in [3.05, 3.63) is 35.4 Å². The maximum atomic E-state index is 12.4. The Morgan fingerprint density at radius 2 is 2.15 bits per heavy atom. The van der Waals surface area contributed by atoms with Crippen molar-refractivity contribution in [2.75, 3.05) is 32.7 Å². The molecule has 3 nitrogen and oxygen atoms in total. The van der Waals surface area contributed by atoms with Crippen molar-refractivity contribution in [1.82, 2.24) is 10.2 Å². The number of benzene rings is 1. The predicted octanol–water partition coefficient (Wildman–Crippen LogP) is 2.36. The standard InChI is InChI=1S/C17H26N2O/c1-14(2)11-15-5-3-6-16(12-15)17(20)13-19-9-4-7-18-8-10-19/h3,5-6,12,14,18H,4,7-11,13H2,1-2H3. The molecule has 2 rings (SSSR count). The summed E-state index contributed by atoms with van der Waals surface area (Å²) in [6.45, 7) is 9.00. The third kappa shape index (κ3) is 4.73. The number of carbonyl (C=O) groups is 1. The maximum absolute atomic E-state index is 12.4. The summed E-state index contributed by atoms with van der Waals surface area (Å²) in [5.74, 6) is 0.870. The SMILES string of the molecule is CC(C)Cc1cccc(C(=O)CN2CCCNCC2)c1. The van der Waals surface area contributed by atoms with Crippen molar-refractivity contribution < 1.29 is 4.79 Å². The monoisotopic (exact) mass is 274 g/mol. The first-order chi connectivity index (χ1) is 9.65. The first-order valence-electron chi connectivity index (χ1n) is 7.70. The van der Waals surface area contributed by atoms with Crippen molar-refractivity contribution >= 4 is 5.78 Å². The lowest BCUT2D eigenvalue weighted by Crippen LogP contribution is -2.33. The molecule has 0 aliphatic carbocycles. The van der Waals surface area contributed by atoms with Gasteiger partial charge in [-0.1, -0.05) is 32.0 Å². The Kier molecular flexibility index (Phi) is 5.74. The molecule has 0 unspecified atom stereocenters. The molecule has 1 N–H and O–H groups in total. The van der Waals surface area contributed by atoms with E-state index >= 15 is 0 Å².